The lowest BCUT2D eigenvalue weighted by Gasteiger charge is -2.38. The molecule has 2 heterocycles. The van der Waals surface area contributed by atoms with Gasteiger partial charge in [0.1, 0.15) is 5.82 Å². The highest BCUT2D eigenvalue weighted by Gasteiger charge is 2.41. The van der Waals surface area contributed by atoms with Gasteiger partial charge in [-0.05, 0) is 54.9 Å². The number of rotatable bonds is 7. The molecular weight excluding hydrogens is 589 g/mol. The number of carbonyl (C=O) groups excluding carboxylic acids is 1. The number of piperazine rings is 1. The molecule has 2 atom stereocenters. The molecule has 236 valence electrons. The highest BCUT2D eigenvalue weighted by atomic mass is 19.4. The minimum Gasteiger partial charge on any atom is -0.366 e. The predicted molar refractivity (Wildman–Crippen MR) is 152 cm³/mol. The first-order chi connectivity index (χ1) is 20.8. The van der Waals surface area contributed by atoms with Crippen LogP contribution in [-0.2, 0) is 30.2 Å². The quantitative estimate of drug-likeness (QED) is 0.290. The number of likely N-dealkylation sites (tertiary alicyclic amines) is 1. The van der Waals surface area contributed by atoms with Crippen LogP contribution in [0.1, 0.15) is 28.7 Å². The third kappa shape index (κ3) is 7.35. The molecule has 2 aliphatic heterocycles. The summed E-state index contributed by atoms with van der Waals surface area (Å²) in [6.45, 7) is 2.41. The number of nitrogens with zero attached hydrogens (tertiary/aromatic N) is 4. The van der Waals surface area contributed by atoms with E-state index in [1.54, 1.807) is 35.0 Å². The molecule has 0 aromatic heterocycles. The molecule has 1 amide bonds. The van der Waals surface area contributed by atoms with Crippen molar-refractivity contribution in [2.24, 2.45) is 0 Å². The zero-order valence-corrected chi connectivity index (χ0v) is 24.1. The standard InChI is InChI=1S/C32H33F7N4O/c1-40(19-23-15-24(31(34,35)36)17-25(16-23)32(37,38)39)26-18-29(43(21-26)20-22-7-3-2-4-8-22)30(44)42-13-11-41(12-14-42)28-10-6-5-9-27(28)33/h2-10,15-17,26,29H,11-14,18-21H2,1H3/t26-,29-/m0/s1. The molecule has 3 aromatic rings. The number of halogens is 7. The van der Waals surface area contributed by atoms with E-state index in [1.165, 1.54) is 6.07 Å². The van der Waals surface area contributed by atoms with Gasteiger partial charge in [0.15, 0.2) is 0 Å². The third-order valence-corrected chi connectivity index (χ3v) is 8.38. The number of para-hydroxylation sites is 1. The van der Waals surface area contributed by atoms with Crippen molar-refractivity contribution in [2.45, 2.75) is 43.9 Å². The molecule has 5 rings (SSSR count). The minimum atomic E-state index is -4.93. The number of hydrogen-bond donors (Lipinski definition) is 0. The second-order valence-electron chi connectivity index (χ2n) is 11.4. The lowest BCUT2D eigenvalue weighted by molar-refractivity contribution is -0.143. The lowest BCUT2D eigenvalue weighted by Crippen LogP contribution is -2.53. The van der Waals surface area contributed by atoms with Crippen LogP contribution < -0.4 is 4.90 Å². The Morgan fingerprint density at radius 3 is 2.00 bits per heavy atom. The summed E-state index contributed by atoms with van der Waals surface area (Å²) >= 11 is 0. The van der Waals surface area contributed by atoms with Gasteiger partial charge in [0.2, 0.25) is 5.91 Å². The summed E-state index contributed by atoms with van der Waals surface area (Å²) in [5.41, 5.74) is -1.35. The molecule has 0 N–H and O–H groups in total. The van der Waals surface area contributed by atoms with Gasteiger partial charge in [-0.3, -0.25) is 14.6 Å². The maximum absolute atomic E-state index is 14.3. The first-order valence-electron chi connectivity index (χ1n) is 14.3. The minimum absolute atomic E-state index is 0.0940. The molecule has 0 radical (unpaired) electrons. The van der Waals surface area contributed by atoms with Crippen molar-refractivity contribution in [3.8, 4) is 0 Å². The fraction of sp³-hybridized carbons (Fsp3) is 0.406. The van der Waals surface area contributed by atoms with Gasteiger partial charge in [0.25, 0.3) is 0 Å². The SMILES string of the molecule is CN(Cc1cc(C(F)(F)F)cc(C(F)(F)F)c1)[C@H]1C[C@@H](C(=O)N2CCN(c3ccccc3F)CC2)N(Cc2ccccc2)C1. The van der Waals surface area contributed by atoms with E-state index in [2.05, 4.69) is 0 Å². The number of amides is 1. The van der Waals surface area contributed by atoms with Gasteiger partial charge in [0.05, 0.1) is 22.9 Å². The first kappa shape index (κ1) is 31.8. The Bertz CT molecular complexity index is 1410. The summed E-state index contributed by atoms with van der Waals surface area (Å²) < 4.78 is 95.0. The smallest absolute Gasteiger partial charge is 0.366 e. The number of hydrogen-bond acceptors (Lipinski definition) is 4. The molecular formula is C32H33F7N4O. The van der Waals surface area contributed by atoms with Gasteiger partial charge in [-0.2, -0.15) is 26.3 Å². The van der Waals surface area contributed by atoms with Crippen molar-refractivity contribution in [3.63, 3.8) is 0 Å². The highest BCUT2D eigenvalue weighted by molar-refractivity contribution is 5.82. The van der Waals surface area contributed by atoms with Gasteiger partial charge in [0, 0.05) is 51.9 Å². The summed E-state index contributed by atoms with van der Waals surface area (Å²) in [5.74, 6) is -0.422. The van der Waals surface area contributed by atoms with Crippen molar-refractivity contribution in [2.75, 3.05) is 44.7 Å². The van der Waals surface area contributed by atoms with Gasteiger partial charge in [-0.15, -0.1) is 0 Å². The van der Waals surface area contributed by atoms with Crippen LogP contribution in [0, 0.1) is 5.82 Å². The fourth-order valence-corrected chi connectivity index (χ4v) is 6.06. The zero-order chi connectivity index (χ0) is 31.6. The molecule has 5 nitrogen and oxygen atoms in total. The summed E-state index contributed by atoms with van der Waals surface area (Å²) in [5, 5.41) is 0. The van der Waals surface area contributed by atoms with Crippen LogP contribution in [0.4, 0.5) is 36.4 Å². The molecule has 2 fully saturated rings. The Hall–Kier alpha value is -3.64. The maximum atomic E-state index is 14.3. The Kier molecular flexibility index (Phi) is 9.22. The summed E-state index contributed by atoms with van der Waals surface area (Å²) in [7, 11) is 1.65. The molecule has 2 aliphatic rings. The number of benzene rings is 3. The van der Waals surface area contributed by atoms with Gasteiger partial charge in [-0.25, -0.2) is 4.39 Å². The van der Waals surface area contributed by atoms with E-state index in [-0.39, 0.29) is 35.9 Å². The predicted octanol–water partition coefficient (Wildman–Crippen LogP) is 6.29. The van der Waals surface area contributed by atoms with Crippen LogP contribution in [-0.4, -0.2) is 72.5 Å². The molecule has 44 heavy (non-hydrogen) atoms. The maximum Gasteiger partial charge on any atom is 0.416 e. The van der Waals surface area contributed by atoms with Crippen LogP contribution in [0.25, 0.3) is 0 Å². The topological polar surface area (TPSA) is 30.0 Å². The first-order valence-corrected chi connectivity index (χ1v) is 14.3. The highest BCUT2D eigenvalue weighted by Crippen LogP contribution is 2.37. The van der Waals surface area contributed by atoms with E-state index in [1.807, 2.05) is 40.1 Å². The van der Waals surface area contributed by atoms with Gasteiger partial charge < -0.3 is 9.80 Å². The van der Waals surface area contributed by atoms with Crippen molar-refractivity contribution < 1.29 is 35.5 Å². The molecule has 2 saturated heterocycles. The van der Waals surface area contributed by atoms with Crippen LogP contribution in [0.5, 0.6) is 0 Å². The van der Waals surface area contributed by atoms with E-state index >= 15 is 0 Å². The van der Waals surface area contributed by atoms with E-state index in [0.717, 1.165) is 17.7 Å². The van der Waals surface area contributed by atoms with Crippen molar-refractivity contribution in [1.82, 2.24) is 14.7 Å². The number of carbonyl (C=O) groups is 1. The molecule has 0 aliphatic carbocycles. The molecule has 0 spiro atoms. The van der Waals surface area contributed by atoms with Crippen LogP contribution in [0.3, 0.4) is 0 Å². The van der Waals surface area contributed by atoms with E-state index in [9.17, 15) is 35.5 Å². The molecule has 3 aromatic carbocycles. The van der Waals surface area contributed by atoms with Crippen molar-refractivity contribution >= 4 is 11.6 Å². The Morgan fingerprint density at radius 1 is 0.818 bits per heavy atom. The van der Waals surface area contributed by atoms with E-state index < -0.39 is 29.5 Å². The Labute approximate surface area is 251 Å². The molecule has 0 saturated carbocycles. The molecule has 12 heteroatoms. The number of alkyl halides is 6. The number of anilines is 1. The second kappa shape index (κ2) is 12.8. The average Bonchev–Trinajstić information content (AvgIpc) is 3.40. The van der Waals surface area contributed by atoms with Gasteiger partial charge >= 0.3 is 12.4 Å². The summed E-state index contributed by atoms with van der Waals surface area (Å²) in [6.07, 6.45) is -9.49. The third-order valence-electron chi connectivity index (χ3n) is 8.38. The normalized spacial score (nSPS) is 20.0. The van der Waals surface area contributed by atoms with E-state index in [4.69, 9.17) is 0 Å². The Morgan fingerprint density at radius 2 is 1.41 bits per heavy atom. The van der Waals surface area contributed by atoms with Crippen LogP contribution in [0.15, 0.2) is 72.8 Å². The molecule has 0 unspecified atom stereocenters. The lowest BCUT2D eigenvalue weighted by atomic mass is 10.0. The molecule has 0 bridgehead atoms. The Balaban J connectivity index is 1.32. The van der Waals surface area contributed by atoms with Crippen LogP contribution >= 0.6 is 0 Å². The average molecular weight is 623 g/mol. The van der Waals surface area contributed by atoms with Gasteiger partial charge in [-0.1, -0.05) is 42.5 Å². The van der Waals surface area contributed by atoms with E-state index in [0.29, 0.717) is 51.4 Å². The largest absolute Gasteiger partial charge is 0.416 e. The van der Waals surface area contributed by atoms with Crippen LogP contribution in [0.2, 0.25) is 0 Å². The second-order valence-corrected chi connectivity index (χ2v) is 11.4. The van der Waals surface area contributed by atoms with Crippen molar-refractivity contribution in [1.29, 1.82) is 0 Å². The zero-order valence-electron chi connectivity index (χ0n) is 24.1. The summed E-state index contributed by atoms with van der Waals surface area (Å²) in [4.78, 5) is 21.3. The van der Waals surface area contributed by atoms with Crippen molar-refractivity contribution in [3.05, 3.63) is 101 Å². The fourth-order valence-electron chi connectivity index (χ4n) is 6.06. The monoisotopic (exact) mass is 622 g/mol. The number of likely N-dealkylation sites (N-methyl/N-ethyl adjacent to an activating group) is 1. The summed E-state index contributed by atoms with van der Waals surface area (Å²) in [6, 6.07) is 16.8.